The fraction of sp³-hybridized carbons (Fsp3) is 0.907. The van der Waals surface area contributed by atoms with Crippen LogP contribution in [0.5, 0.6) is 0 Å². The predicted molar refractivity (Wildman–Crippen MR) is 215 cm³/mol. The number of allylic oxidation sites excluding steroid dienone is 2. The van der Waals surface area contributed by atoms with Gasteiger partial charge in [0, 0.05) is 51.1 Å². The van der Waals surface area contributed by atoms with Crippen molar-refractivity contribution < 1.29 is 28.4 Å². The Morgan fingerprint density at radius 3 is 1.31 bits per heavy atom. The van der Waals surface area contributed by atoms with Crippen LogP contribution in [-0.4, -0.2) is 63.1 Å². The Morgan fingerprint density at radius 2 is 0.980 bits per heavy atom. The van der Waals surface area contributed by atoms with Crippen molar-refractivity contribution in [3.8, 4) is 0 Å². The SMILES string of the molecule is COC(/C=C/[C@@H](C)C1CCC2C(OP)CCC[C@@]21C)C1(C(C)O)CC1.COC(C)C1(C(/C=C/[C@@H](C)C2CCC3C(OP)CCC[C@@]32C)OC)CC1. The number of fused-ring (bicyclic) bond motifs is 2. The van der Waals surface area contributed by atoms with Gasteiger partial charge in [-0.3, -0.25) is 0 Å². The summed E-state index contributed by atoms with van der Waals surface area (Å²) >= 11 is 0. The number of aliphatic hydroxyl groups is 1. The van der Waals surface area contributed by atoms with Crippen LogP contribution in [0, 0.1) is 57.2 Å². The molecule has 6 fully saturated rings. The highest BCUT2D eigenvalue weighted by Gasteiger charge is 2.56. The van der Waals surface area contributed by atoms with Crippen molar-refractivity contribution in [3.63, 3.8) is 0 Å². The molecule has 6 aliphatic rings. The highest BCUT2D eigenvalue weighted by atomic mass is 31.0. The van der Waals surface area contributed by atoms with E-state index in [1.54, 1.807) is 7.11 Å². The van der Waals surface area contributed by atoms with Crippen molar-refractivity contribution in [3.05, 3.63) is 24.3 Å². The molecule has 0 spiro atoms. The van der Waals surface area contributed by atoms with Crippen molar-refractivity contribution in [1.29, 1.82) is 0 Å². The van der Waals surface area contributed by atoms with Crippen LogP contribution in [-0.2, 0) is 23.3 Å². The normalized spacial score (nSPS) is 40.1. The van der Waals surface area contributed by atoms with Crippen molar-refractivity contribution in [1.82, 2.24) is 0 Å². The molecule has 8 heteroatoms. The molecule has 16 atom stereocenters. The minimum absolute atomic E-state index is 0.0365. The molecule has 1 N–H and O–H groups in total. The molecule has 0 heterocycles. The Kier molecular flexibility index (Phi) is 14.5. The van der Waals surface area contributed by atoms with E-state index < -0.39 is 0 Å². The molecule has 6 saturated carbocycles. The topological polar surface area (TPSA) is 66.4 Å². The van der Waals surface area contributed by atoms with Gasteiger partial charge in [-0.25, -0.2) is 0 Å². The first-order valence-electron chi connectivity index (χ1n) is 20.7. The molecule has 6 aliphatic carbocycles. The van der Waals surface area contributed by atoms with Crippen LogP contribution in [0.4, 0.5) is 0 Å². The van der Waals surface area contributed by atoms with E-state index in [4.69, 9.17) is 23.3 Å². The minimum Gasteiger partial charge on any atom is -0.393 e. The first-order valence-corrected chi connectivity index (χ1v) is 21.6. The van der Waals surface area contributed by atoms with Crippen molar-refractivity contribution in [2.24, 2.45) is 57.2 Å². The Labute approximate surface area is 317 Å². The second-order valence-electron chi connectivity index (χ2n) is 18.5. The third-order valence-electron chi connectivity index (χ3n) is 16.4. The van der Waals surface area contributed by atoms with E-state index in [2.05, 4.69) is 77.9 Å². The lowest BCUT2D eigenvalue weighted by atomic mass is 9.62. The smallest absolute Gasteiger partial charge is 0.0833 e. The number of aliphatic hydroxyl groups excluding tert-OH is 1. The molecule has 12 unspecified atom stereocenters. The van der Waals surface area contributed by atoms with Gasteiger partial charge in [0.15, 0.2) is 0 Å². The maximum absolute atomic E-state index is 10.1. The Hall–Kier alpha value is 0.1000. The summed E-state index contributed by atoms with van der Waals surface area (Å²) in [6.45, 7) is 13.9. The molecule has 0 aromatic carbocycles. The third kappa shape index (κ3) is 8.31. The highest BCUT2D eigenvalue weighted by Crippen LogP contribution is 2.61. The van der Waals surface area contributed by atoms with Crippen molar-refractivity contribution in [2.45, 2.75) is 168 Å². The third-order valence-corrected chi connectivity index (χ3v) is 17.1. The van der Waals surface area contributed by atoms with Crippen LogP contribution in [0.2, 0.25) is 0 Å². The second kappa shape index (κ2) is 17.5. The Balaban J connectivity index is 0.000000198. The molecule has 0 aromatic rings. The monoisotopic (exact) mass is 751 g/mol. The second-order valence-corrected chi connectivity index (χ2v) is 19.1. The summed E-state index contributed by atoms with van der Waals surface area (Å²) in [5.41, 5.74) is 0.956. The van der Waals surface area contributed by atoms with Gasteiger partial charge in [-0.2, -0.15) is 0 Å². The summed E-state index contributed by atoms with van der Waals surface area (Å²) in [5, 5.41) is 10.1. The van der Waals surface area contributed by atoms with Crippen molar-refractivity contribution >= 4 is 18.9 Å². The van der Waals surface area contributed by atoms with Crippen LogP contribution in [0.3, 0.4) is 0 Å². The molecule has 0 aliphatic heterocycles. The van der Waals surface area contributed by atoms with Crippen LogP contribution in [0.1, 0.15) is 131 Å². The van der Waals surface area contributed by atoms with Crippen LogP contribution in [0.15, 0.2) is 24.3 Å². The lowest BCUT2D eigenvalue weighted by Gasteiger charge is -2.45. The zero-order chi connectivity index (χ0) is 37.2. The molecule has 0 bridgehead atoms. The summed E-state index contributed by atoms with van der Waals surface area (Å²) in [7, 11) is 10.5. The summed E-state index contributed by atoms with van der Waals surface area (Å²) in [6, 6.07) is 0. The molecule has 0 aromatic heterocycles. The van der Waals surface area contributed by atoms with Crippen LogP contribution < -0.4 is 0 Å². The number of ether oxygens (including phenoxy) is 3. The molecular formula is C43H76O6P2. The van der Waals surface area contributed by atoms with Gasteiger partial charge < -0.3 is 28.4 Å². The van der Waals surface area contributed by atoms with Crippen LogP contribution in [0.25, 0.3) is 0 Å². The largest absolute Gasteiger partial charge is 0.393 e. The van der Waals surface area contributed by atoms with E-state index in [1.165, 1.54) is 77.0 Å². The Morgan fingerprint density at radius 1 is 0.569 bits per heavy atom. The highest BCUT2D eigenvalue weighted by molar-refractivity contribution is 7.10. The molecule has 0 saturated heterocycles. The number of methoxy groups -OCH3 is 3. The fourth-order valence-corrected chi connectivity index (χ4v) is 13.2. The van der Waals surface area contributed by atoms with Gasteiger partial charge in [-0.1, -0.05) is 64.8 Å². The standard InChI is InChI=1S/C22H39O3P.C21H37O3P/c1-15(8-11-20(24-5)22(13-14-22)16(2)23-4)17-9-10-18-19(25-26)7-6-12-21(17,18)3;1-14(7-10-19(23-4)21(12-13-21)15(2)22)16-8-9-17-18(24-25)6-5-11-20(16,17)3/h8,11,15-20H,6-7,9-10,12-14,26H2,1-5H3;7,10,14-19,22H,5-6,8-9,11-13,25H2,1-4H3/b11-8+;10-7+/t15-,16?,17?,18?,19?,20?,21-;14-,15?,16?,17?,18?,19?,20-/m11/s1. The molecule has 51 heavy (non-hydrogen) atoms. The average molecular weight is 751 g/mol. The lowest BCUT2D eigenvalue weighted by molar-refractivity contribution is -0.0202. The predicted octanol–water partition coefficient (Wildman–Crippen LogP) is 10.1. The maximum atomic E-state index is 10.1. The Bertz CT molecular complexity index is 1170. The van der Waals surface area contributed by atoms with E-state index >= 15 is 0 Å². The fourth-order valence-electron chi connectivity index (χ4n) is 12.6. The van der Waals surface area contributed by atoms with E-state index in [9.17, 15) is 5.11 Å². The van der Waals surface area contributed by atoms with Crippen molar-refractivity contribution in [2.75, 3.05) is 21.3 Å². The molecule has 0 radical (unpaired) electrons. The number of hydrogen-bond donors (Lipinski definition) is 1. The van der Waals surface area contributed by atoms with Crippen LogP contribution >= 0.6 is 18.9 Å². The van der Waals surface area contributed by atoms with E-state index in [-0.39, 0.29) is 35.2 Å². The molecular weight excluding hydrogens is 674 g/mol. The van der Waals surface area contributed by atoms with E-state index in [1.807, 2.05) is 21.1 Å². The number of hydrogen-bond acceptors (Lipinski definition) is 6. The summed E-state index contributed by atoms with van der Waals surface area (Å²) in [5.74, 6) is 4.01. The number of rotatable bonds is 15. The molecule has 6 nitrogen and oxygen atoms in total. The van der Waals surface area contributed by atoms with E-state index in [0.717, 1.165) is 30.6 Å². The first kappa shape index (κ1) is 42.2. The summed E-state index contributed by atoms with van der Waals surface area (Å²) in [6.07, 6.45) is 27.9. The van der Waals surface area contributed by atoms with Gasteiger partial charge in [-0.05, 0) is 137 Å². The lowest BCUT2D eigenvalue weighted by Crippen LogP contribution is -2.41. The molecule has 0 amide bonds. The van der Waals surface area contributed by atoms with Gasteiger partial charge >= 0.3 is 0 Å². The van der Waals surface area contributed by atoms with Gasteiger partial charge in [0.1, 0.15) is 0 Å². The first-order chi connectivity index (χ1) is 24.3. The van der Waals surface area contributed by atoms with Gasteiger partial charge in [0.2, 0.25) is 0 Å². The molecule has 6 rings (SSSR count). The van der Waals surface area contributed by atoms with E-state index in [0.29, 0.717) is 40.8 Å². The zero-order valence-corrected chi connectivity index (χ0v) is 36.1. The summed E-state index contributed by atoms with van der Waals surface area (Å²) in [4.78, 5) is 0. The maximum Gasteiger partial charge on any atom is 0.0833 e. The van der Waals surface area contributed by atoms with Gasteiger partial charge in [-0.15, -0.1) is 0 Å². The quantitative estimate of drug-likeness (QED) is 0.133. The zero-order valence-electron chi connectivity index (χ0n) is 33.8. The minimum atomic E-state index is -0.302. The van der Waals surface area contributed by atoms with Gasteiger partial charge in [0.25, 0.3) is 0 Å². The molecule has 294 valence electrons. The van der Waals surface area contributed by atoms with Gasteiger partial charge in [0.05, 0.1) is 36.6 Å². The summed E-state index contributed by atoms with van der Waals surface area (Å²) < 4.78 is 28.8. The average Bonchev–Trinajstić information content (AvgIpc) is 4.04.